The lowest BCUT2D eigenvalue weighted by Gasteiger charge is -2.21. The minimum Gasteiger partial charge on any atom is -0.475 e. The summed E-state index contributed by atoms with van der Waals surface area (Å²) < 4.78 is 36.9. The van der Waals surface area contributed by atoms with E-state index in [-0.39, 0.29) is 24.1 Å². The zero-order chi connectivity index (χ0) is 25.6. The molecule has 0 unspecified atom stereocenters. The third-order valence-corrected chi connectivity index (χ3v) is 4.85. The number of alkyl halides is 3. The number of carbonyl (C=O) groups is 4. The third kappa shape index (κ3) is 6.19. The van der Waals surface area contributed by atoms with E-state index in [2.05, 4.69) is 5.32 Å². The van der Waals surface area contributed by atoms with Gasteiger partial charge in [0.25, 0.3) is 0 Å². The van der Waals surface area contributed by atoms with Crippen molar-refractivity contribution in [2.75, 3.05) is 18.5 Å². The van der Waals surface area contributed by atoms with Gasteiger partial charge in [0.15, 0.2) is 11.6 Å². The van der Waals surface area contributed by atoms with Crippen LogP contribution >= 0.6 is 0 Å². The summed E-state index contributed by atoms with van der Waals surface area (Å²) in [5.41, 5.74) is 7.84. The molecule has 1 atom stereocenters. The molecule has 0 fully saturated rings. The van der Waals surface area contributed by atoms with E-state index in [4.69, 9.17) is 20.4 Å². The highest BCUT2D eigenvalue weighted by molar-refractivity contribution is 6.30. The Hall–Kier alpha value is -3.73. The molecule has 0 amide bonds. The smallest absolute Gasteiger partial charge is 0.475 e. The van der Waals surface area contributed by atoms with Crippen molar-refractivity contribution in [2.24, 2.45) is 11.7 Å². The van der Waals surface area contributed by atoms with Gasteiger partial charge in [-0.15, -0.1) is 0 Å². The van der Waals surface area contributed by atoms with E-state index >= 15 is 0 Å². The second kappa shape index (κ2) is 10.9. The molecule has 0 saturated carbocycles. The number of nitrogens with one attached hydrogen (secondary N) is 1. The number of carboxylic acid groups (broad SMARTS) is 1. The van der Waals surface area contributed by atoms with Crippen LogP contribution in [-0.2, 0) is 14.3 Å². The van der Waals surface area contributed by atoms with E-state index in [0.717, 1.165) is 0 Å². The van der Waals surface area contributed by atoms with Crippen LogP contribution in [0.2, 0.25) is 0 Å². The highest BCUT2D eigenvalue weighted by Crippen LogP contribution is 2.31. The lowest BCUT2D eigenvalue weighted by atomic mass is 9.83. The Balaban J connectivity index is 0.000000509. The maximum Gasteiger partial charge on any atom is 0.490 e. The predicted octanol–water partition coefficient (Wildman–Crippen LogP) is 3.03. The van der Waals surface area contributed by atoms with E-state index in [1.807, 2.05) is 13.8 Å². The standard InChI is InChI=1S/C21H22N2O4.C2HF3O2/c1-12(2)18(22)21(26)27-11-10-23-16-9-5-8-15-17(16)20(25)14-7-4-3-6-13(14)19(15)24;3-2(4,5)1(6)7/h3-9,12,18,23H,10-11,22H2,1-2H3;(H,6,7)/t18-;/m1./s1. The fourth-order valence-corrected chi connectivity index (χ4v) is 3.00. The Morgan fingerprint density at radius 1 is 1.00 bits per heavy atom. The molecule has 0 spiro atoms. The molecule has 1 aliphatic carbocycles. The minimum absolute atomic E-state index is 0.00435. The second-order valence-corrected chi connectivity index (χ2v) is 7.60. The highest BCUT2D eigenvalue weighted by atomic mass is 19.4. The number of carboxylic acids is 1. The van der Waals surface area contributed by atoms with Crippen molar-refractivity contribution in [3.8, 4) is 0 Å². The van der Waals surface area contributed by atoms with Crippen molar-refractivity contribution in [3.63, 3.8) is 0 Å². The highest BCUT2D eigenvalue weighted by Gasteiger charge is 2.38. The molecule has 8 nitrogen and oxygen atoms in total. The van der Waals surface area contributed by atoms with Gasteiger partial charge in [0.2, 0.25) is 0 Å². The summed E-state index contributed by atoms with van der Waals surface area (Å²) in [5, 5.41) is 10.2. The fraction of sp³-hybridized carbons (Fsp3) is 0.304. The molecule has 0 heterocycles. The van der Waals surface area contributed by atoms with Crippen molar-refractivity contribution in [1.29, 1.82) is 0 Å². The van der Waals surface area contributed by atoms with Gasteiger partial charge in [-0.3, -0.25) is 14.4 Å². The predicted molar refractivity (Wildman–Crippen MR) is 116 cm³/mol. The molecule has 1 aliphatic rings. The van der Waals surface area contributed by atoms with Crippen LogP contribution in [0.25, 0.3) is 0 Å². The Bertz CT molecular complexity index is 1100. The summed E-state index contributed by atoms with van der Waals surface area (Å²) in [6, 6.07) is 11.2. The first-order valence-corrected chi connectivity index (χ1v) is 10.1. The Kier molecular flexibility index (Phi) is 8.52. The van der Waals surface area contributed by atoms with Crippen LogP contribution in [0.5, 0.6) is 0 Å². The summed E-state index contributed by atoms with van der Waals surface area (Å²) in [4.78, 5) is 46.3. The largest absolute Gasteiger partial charge is 0.490 e. The Morgan fingerprint density at radius 2 is 1.53 bits per heavy atom. The molecule has 4 N–H and O–H groups in total. The van der Waals surface area contributed by atoms with Crippen molar-refractivity contribution in [2.45, 2.75) is 26.1 Å². The van der Waals surface area contributed by atoms with Crippen molar-refractivity contribution in [1.82, 2.24) is 0 Å². The number of ether oxygens (including phenoxy) is 1. The fourth-order valence-electron chi connectivity index (χ4n) is 3.00. The normalized spacial score (nSPS) is 13.3. The summed E-state index contributed by atoms with van der Waals surface area (Å²) in [6.45, 7) is 4.11. The molecule has 2 aromatic rings. The molecule has 0 radical (unpaired) electrons. The third-order valence-electron chi connectivity index (χ3n) is 4.85. The summed E-state index contributed by atoms with van der Waals surface area (Å²) >= 11 is 0. The van der Waals surface area contributed by atoms with Crippen LogP contribution < -0.4 is 11.1 Å². The van der Waals surface area contributed by atoms with Crippen molar-refractivity contribution in [3.05, 3.63) is 64.7 Å². The van der Waals surface area contributed by atoms with Gasteiger partial charge >= 0.3 is 18.1 Å². The number of fused-ring (bicyclic) bond motifs is 2. The van der Waals surface area contributed by atoms with Gasteiger partial charge in [0.1, 0.15) is 12.6 Å². The molecule has 11 heteroatoms. The van der Waals surface area contributed by atoms with E-state index in [0.29, 0.717) is 34.5 Å². The maximum atomic E-state index is 12.9. The zero-order valence-electron chi connectivity index (χ0n) is 18.3. The summed E-state index contributed by atoms with van der Waals surface area (Å²) in [5.74, 6) is -3.58. The van der Waals surface area contributed by atoms with Gasteiger partial charge in [0.05, 0.1) is 5.56 Å². The molecule has 3 rings (SSSR count). The number of ketones is 2. The molecule has 0 bridgehead atoms. The Labute approximate surface area is 192 Å². The van der Waals surface area contributed by atoms with Gasteiger partial charge in [0, 0.05) is 28.9 Å². The number of benzene rings is 2. The van der Waals surface area contributed by atoms with E-state index in [9.17, 15) is 27.6 Å². The molecule has 0 saturated heterocycles. The molecule has 0 aliphatic heterocycles. The number of hydrogen-bond donors (Lipinski definition) is 3. The van der Waals surface area contributed by atoms with Crippen LogP contribution in [0.3, 0.4) is 0 Å². The summed E-state index contributed by atoms with van der Waals surface area (Å²) in [6.07, 6.45) is -5.08. The first-order valence-electron chi connectivity index (χ1n) is 10.1. The second-order valence-electron chi connectivity index (χ2n) is 7.60. The van der Waals surface area contributed by atoms with Crippen molar-refractivity contribution < 1.29 is 42.2 Å². The molecule has 182 valence electrons. The van der Waals surface area contributed by atoms with Gasteiger partial charge in [-0.2, -0.15) is 13.2 Å². The maximum absolute atomic E-state index is 12.9. The van der Waals surface area contributed by atoms with E-state index in [1.54, 1.807) is 42.5 Å². The van der Waals surface area contributed by atoms with Crippen LogP contribution in [0.4, 0.5) is 18.9 Å². The van der Waals surface area contributed by atoms with E-state index < -0.39 is 24.2 Å². The molecule has 2 aromatic carbocycles. The SMILES string of the molecule is CC(C)[C@@H](N)C(=O)OCCNc1cccc2c1C(=O)c1ccccc1C2=O.O=C(O)C(F)(F)F. The number of aliphatic carboxylic acids is 1. The molecular formula is C23H23F3N2O6. The monoisotopic (exact) mass is 480 g/mol. The van der Waals surface area contributed by atoms with Gasteiger partial charge < -0.3 is 20.9 Å². The molecular weight excluding hydrogens is 457 g/mol. The van der Waals surface area contributed by atoms with Crippen LogP contribution in [0, 0.1) is 5.92 Å². The number of rotatable bonds is 6. The molecule has 34 heavy (non-hydrogen) atoms. The van der Waals surface area contributed by atoms with Crippen LogP contribution in [-0.4, -0.2) is 54.0 Å². The van der Waals surface area contributed by atoms with Gasteiger partial charge in [-0.05, 0) is 12.0 Å². The zero-order valence-corrected chi connectivity index (χ0v) is 18.3. The van der Waals surface area contributed by atoms with Gasteiger partial charge in [-0.1, -0.05) is 50.2 Å². The minimum atomic E-state index is -5.08. The first kappa shape index (κ1) is 26.5. The topological polar surface area (TPSA) is 136 Å². The number of esters is 1. The van der Waals surface area contributed by atoms with Crippen molar-refractivity contribution >= 4 is 29.2 Å². The lowest BCUT2D eigenvalue weighted by molar-refractivity contribution is -0.192. The summed E-state index contributed by atoms with van der Waals surface area (Å²) in [7, 11) is 0. The van der Waals surface area contributed by atoms with Crippen LogP contribution in [0.1, 0.15) is 45.7 Å². The average molecular weight is 480 g/mol. The Morgan fingerprint density at radius 3 is 2.06 bits per heavy atom. The average Bonchev–Trinajstić information content (AvgIpc) is 2.79. The first-order chi connectivity index (χ1) is 15.9. The lowest BCUT2D eigenvalue weighted by Crippen LogP contribution is -2.37. The van der Waals surface area contributed by atoms with E-state index in [1.165, 1.54) is 0 Å². The quantitative estimate of drug-likeness (QED) is 0.362. The number of hydrogen-bond acceptors (Lipinski definition) is 7. The number of nitrogens with two attached hydrogens (primary N) is 1. The van der Waals surface area contributed by atoms with Gasteiger partial charge in [-0.25, -0.2) is 4.79 Å². The number of anilines is 1. The molecule has 0 aromatic heterocycles. The number of halogens is 3. The number of carbonyl (C=O) groups excluding carboxylic acids is 3. The van der Waals surface area contributed by atoms with Crippen LogP contribution in [0.15, 0.2) is 42.5 Å².